The summed E-state index contributed by atoms with van der Waals surface area (Å²) in [5.74, 6) is 1.70. The summed E-state index contributed by atoms with van der Waals surface area (Å²) in [6, 6.07) is 8.19. The molecule has 0 spiro atoms. The molecule has 2 N–H and O–H groups in total. The van der Waals surface area contributed by atoms with Crippen molar-refractivity contribution >= 4 is 40.0 Å². The summed E-state index contributed by atoms with van der Waals surface area (Å²) in [6.07, 6.45) is 6.12. The molecule has 32 heavy (non-hydrogen) atoms. The van der Waals surface area contributed by atoms with Crippen molar-refractivity contribution in [3.63, 3.8) is 0 Å². The predicted octanol–water partition coefficient (Wildman–Crippen LogP) is 4.29. The number of nitrogens with one attached hydrogen (secondary N) is 2. The number of nitrogens with zero attached hydrogens (tertiary/aromatic N) is 4. The van der Waals surface area contributed by atoms with Crippen molar-refractivity contribution in [3.8, 4) is 5.75 Å². The maximum atomic E-state index is 15.0. The molecule has 5 heterocycles. The molecule has 9 heteroatoms. The zero-order chi connectivity index (χ0) is 21.7. The fourth-order valence-electron chi connectivity index (χ4n) is 4.53. The molecule has 7 rings (SSSR count). The third-order valence-corrected chi connectivity index (χ3v) is 6.93. The predicted molar refractivity (Wildman–Crippen MR) is 122 cm³/mol. The lowest BCUT2D eigenvalue weighted by Crippen LogP contribution is -2.61. The molecule has 1 aromatic carbocycles. The highest BCUT2D eigenvalue weighted by atomic mass is 35.5. The van der Waals surface area contributed by atoms with E-state index in [9.17, 15) is 0 Å². The molecular weight excluding hydrogens is 431 g/mol. The van der Waals surface area contributed by atoms with Crippen molar-refractivity contribution < 1.29 is 9.13 Å². The van der Waals surface area contributed by atoms with Crippen LogP contribution in [0.3, 0.4) is 0 Å². The Balaban J connectivity index is 1.30. The summed E-state index contributed by atoms with van der Waals surface area (Å²) in [4.78, 5) is 15.9. The molecule has 0 unspecified atom stereocenters. The molecule has 2 aromatic heterocycles. The number of fused-ring (bicyclic) bond motifs is 4. The van der Waals surface area contributed by atoms with Gasteiger partial charge in [-0.3, -0.25) is 0 Å². The Morgan fingerprint density at radius 2 is 2.06 bits per heavy atom. The molecule has 2 bridgehead atoms. The number of pyridine rings is 1. The van der Waals surface area contributed by atoms with E-state index >= 15 is 4.39 Å². The molecule has 2 atom stereocenters. The highest BCUT2D eigenvalue weighted by molar-refractivity contribution is 6.32. The van der Waals surface area contributed by atoms with Crippen LogP contribution in [0.25, 0.3) is 11.0 Å². The van der Waals surface area contributed by atoms with Crippen molar-refractivity contribution in [2.75, 3.05) is 29.9 Å². The van der Waals surface area contributed by atoms with Crippen LogP contribution in [-0.4, -0.2) is 46.7 Å². The van der Waals surface area contributed by atoms with Crippen molar-refractivity contribution in [2.24, 2.45) is 5.92 Å². The van der Waals surface area contributed by atoms with Crippen LogP contribution in [0.1, 0.15) is 25.7 Å². The van der Waals surface area contributed by atoms with E-state index in [1.54, 1.807) is 12.1 Å². The van der Waals surface area contributed by atoms with Gasteiger partial charge in [0.05, 0.1) is 17.8 Å². The summed E-state index contributed by atoms with van der Waals surface area (Å²) < 4.78 is 20.7. The molecule has 166 valence electrons. The van der Waals surface area contributed by atoms with Crippen LogP contribution in [0, 0.1) is 11.7 Å². The highest BCUT2D eigenvalue weighted by Gasteiger charge is 2.34. The van der Waals surface area contributed by atoms with Crippen molar-refractivity contribution in [1.29, 1.82) is 0 Å². The van der Waals surface area contributed by atoms with Crippen molar-refractivity contribution in [3.05, 3.63) is 41.4 Å². The first-order valence-electron chi connectivity index (χ1n) is 11.2. The zero-order valence-corrected chi connectivity index (χ0v) is 18.3. The van der Waals surface area contributed by atoms with Crippen LogP contribution in [-0.2, 0) is 0 Å². The highest BCUT2D eigenvalue weighted by Crippen LogP contribution is 2.36. The first kappa shape index (κ1) is 19.9. The fourth-order valence-corrected chi connectivity index (χ4v) is 4.75. The average Bonchev–Trinajstić information content (AvgIpc) is 3.67. The maximum absolute atomic E-state index is 15.0. The van der Waals surface area contributed by atoms with Gasteiger partial charge < -0.3 is 20.3 Å². The number of hydrogen-bond acceptors (Lipinski definition) is 7. The van der Waals surface area contributed by atoms with Gasteiger partial charge in [-0.15, -0.1) is 0 Å². The summed E-state index contributed by atoms with van der Waals surface area (Å²) in [5, 5.41) is 6.60. The maximum Gasteiger partial charge on any atom is 0.169 e. The van der Waals surface area contributed by atoms with E-state index in [1.165, 1.54) is 12.7 Å². The minimum atomic E-state index is -0.567. The first-order valence-corrected chi connectivity index (χ1v) is 11.5. The van der Waals surface area contributed by atoms with Gasteiger partial charge >= 0.3 is 0 Å². The molecule has 3 aliphatic heterocycles. The molecule has 3 aromatic rings. The summed E-state index contributed by atoms with van der Waals surface area (Å²) >= 11 is 6.25. The Hall–Kier alpha value is -2.71. The van der Waals surface area contributed by atoms with Gasteiger partial charge in [-0.25, -0.2) is 19.3 Å². The van der Waals surface area contributed by atoms with Gasteiger partial charge in [0.25, 0.3) is 0 Å². The van der Waals surface area contributed by atoms with Gasteiger partial charge in [-0.1, -0.05) is 11.6 Å². The van der Waals surface area contributed by atoms with Crippen LogP contribution in [0.5, 0.6) is 5.75 Å². The molecular formula is C23H24ClFN6O. The third kappa shape index (κ3) is 3.71. The minimum absolute atomic E-state index is 0.0282. The Kier molecular flexibility index (Phi) is 4.99. The smallest absolute Gasteiger partial charge is 0.169 e. The number of anilines is 3. The van der Waals surface area contributed by atoms with Crippen molar-refractivity contribution in [2.45, 2.75) is 37.8 Å². The van der Waals surface area contributed by atoms with Gasteiger partial charge in [0, 0.05) is 25.2 Å². The van der Waals surface area contributed by atoms with Gasteiger partial charge in [0.1, 0.15) is 28.4 Å². The second-order valence-electron chi connectivity index (χ2n) is 8.87. The molecule has 4 fully saturated rings. The van der Waals surface area contributed by atoms with Crippen molar-refractivity contribution in [1.82, 2.24) is 20.3 Å². The van der Waals surface area contributed by atoms with Crippen LogP contribution in [0.15, 0.2) is 30.6 Å². The van der Waals surface area contributed by atoms with E-state index < -0.39 is 5.82 Å². The molecule has 1 saturated carbocycles. The normalized spacial score (nSPS) is 22.4. The molecule has 4 aliphatic rings. The third-order valence-electron chi connectivity index (χ3n) is 6.58. The molecule has 0 amide bonds. The molecule has 0 radical (unpaired) electrons. The topological polar surface area (TPSA) is 75.2 Å². The largest absolute Gasteiger partial charge is 0.492 e. The summed E-state index contributed by atoms with van der Waals surface area (Å²) in [7, 11) is 0. The van der Waals surface area contributed by atoms with E-state index in [1.807, 2.05) is 12.1 Å². The monoisotopic (exact) mass is 454 g/mol. The lowest BCUT2D eigenvalue weighted by molar-refractivity contribution is 0.289. The van der Waals surface area contributed by atoms with Gasteiger partial charge in [0.15, 0.2) is 11.6 Å². The zero-order valence-electron chi connectivity index (χ0n) is 17.5. The number of benzene rings is 1. The van der Waals surface area contributed by atoms with Gasteiger partial charge in [0.2, 0.25) is 0 Å². The van der Waals surface area contributed by atoms with Gasteiger partial charge in [-0.2, -0.15) is 0 Å². The number of ether oxygens (including phenoxy) is 1. The Labute approximate surface area is 190 Å². The average molecular weight is 455 g/mol. The molecule has 1 aliphatic carbocycles. The molecule has 7 nitrogen and oxygen atoms in total. The fraction of sp³-hybridized carbons (Fsp3) is 0.435. The Morgan fingerprint density at radius 1 is 1.16 bits per heavy atom. The van der Waals surface area contributed by atoms with Crippen LogP contribution < -0.4 is 20.3 Å². The van der Waals surface area contributed by atoms with Gasteiger partial charge in [-0.05, 0) is 55.9 Å². The number of piperidine rings is 2. The Morgan fingerprint density at radius 3 is 2.81 bits per heavy atom. The van der Waals surface area contributed by atoms with E-state index in [0.717, 1.165) is 38.2 Å². The molecule has 3 saturated heterocycles. The van der Waals surface area contributed by atoms with Crippen LogP contribution >= 0.6 is 11.6 Å². The van der Waals surface area contributed by atoms with E-state index in [0.29, 0.717) is 47.2 Å². The van der Waals surface area contributed by atoms with E-state index in [4.69, 9.17) is 21.3 Å². The second-order valence-corrected chi connectivity index (χ2v) is 9.24. The lowest BCUT2D eigenvalue weighted by atomic mass is 9.93. The quantitative estimate of drug-likeness (QED) is 0.575. The summed E-state index contributed by atoms with van der Waals surface area (Å²) in [5.41, 5.74) is 1.52. The number of aromatic nitrogens is 3. The van der Waals surface area contributed by atoms with E-state index in [2.05, 4.69) is 25.5 Å². The summed E-state index contributed by atoms with van der Waals surface area (Å²) in [6.45, 7) is 2.48. The number of piperazine rings is 1. The second kappa shape index (κ2) is 8.01. The number of halogens is 2. The first-order chi connectivity index (χ1) is 15.7. The van der Waals surface area contributed by atoms with Crippen LogP contribution in [0.4, 0.5) is 21.7 Å². The SMILES string of the molecule is Fc1c(Nc2ncnc3ccc(N4C[C@@H]5CC[C@H]4CN5)nc23)ccc(OCC2CC2)c1Cl. The number of hydrogen-bond donors (Lipinski definition) is 2. The van der Waals surface area contributed by atoms with E-state index in [-0.39, 0.29) is 10.7 Å². The van der Waals surface area contributed by atoms with Crippen LogP contribution in [0.2, 0.25) is 5.02 Å². The minimum Gasteiger partial charge on any atom is -0.492 e. The standard InChI is InChI=1S/C23H24ClFN6O/c24-20-18(32-11-13-1-2-13)7-5-16(21(20)25)29-23-22-17(27-12-28-23)6-8-19(30-22)31-10-14-3-4-15(31)9-26-14/h5-8,12-15,26H,1-4,9-11H2,(H,27,28,29)/t14-,15-/m0/s1. The Bertz CT molecular complexity index is 1160. The number of rotatable bonds is 6. The lowest BCUT2D eigenvalue weighted by Gasteiger charge is -2.46.